The number of rotatable bonds is 7. The Morgan fingerprint density at radius 1 is 1.04 bits per heavy atom. The second kappa shape index (κ2) is 9.35. The van der Waals surface area contributed by atoms with Crippen molar-refractivity contribution >= 4 is 6.47 Å². The quantitative estimate of drug-likeness (QED) is 0.788. The standard InChI is InChI=1S/C13H18N2.C8H8O2/c1-2-5-11(6-3-1)12-9-13(12)14-10-15-7-4-8-15;9-7-10-6-8-4-2-1-3-5-8/h1-3,5-6,12-14H,4,7-10H2;1-5,7H,6H2/t12-,13+;/m0./s1. The average molecular weight is 338 g/mol. The van der Waals surface area contributed by atoms with E-state index in [-0.39, 0.29) is 0 Å². The molecule has 1 heterocycles. The zero-order valence-corrected chi connectivity index (χ0v) is 14.5. The van der Waals surface area contributed by atoms with Gasteiger partial charge in [-0.2, -0.15) is 0 Å². The van der Waals surface area contributed by atoms with E-state index >= 15 is 0 Å². The van der Waals surface area contributed by atoms with Gasteiger partial charge >= 0.3 is 0 Å². The summed E-state index contributed by atoms with van der Waals surface area (Å²) in [5.41, 5.74) is 2.51. The molecule has 4 rings (SSSR count). The van der Waals surface area contributed by atoms with Gasteiger partial charge in [-0.15, -0.1) is 0 Å². The Kier molecular flexibility index (Phi) is 6.60. The Hall–Kier alpha value is -2.17. The molecule has 4 nitrogen and oxygen atoms in total. The minimum atomic E-state index is 0.365. The predicted molar refractivity (Wildman–Crippen MR) is 99.1 cm³/mol. The molecule has 1 aliphatic carbocycles. The van der Waals surface area contributed by atoms with Crippen molar-refractivity contribution in [2.75, 3.05) is 19.8 Å². The van der Waals surface area contributed by atoms with Crippen LogP contribution in [0.4, 0.5) is 0 Å². The summed E-state index contributed by atoms with van der Waals surface area (Å²) in [4.78, 5) is 12.2. The van der Waals surface area contributed by atoms with E-state index in [2.05, 4.69) is 45.3 Å². The Labute approximate surface area is 149 Å². The van der Waals surface area contributed by atoms with Crippen molar-refractivity contribution in [2.45, 2.75) is 31.4 Å². The second-order valence-corrected chi connectivity index (χ2v) is 6.59. The highest BCUT2D eigenvalue weighted by molar-refractivity contribution is 5.37. The molecular formula is C21H26N2O2. The fourth-order valence-corrected chi connectivity index (χ4v) is 2.98. The molecule has 1 aliphatic heterocycles. The molecule has 0 radical (unpaired) electrons. The minimum absolute atomic E-state index is 0.365. The number of hydrogen-bond acceptors (Lipinski definition) is 4. The van der Waals surface area contributed by atoms with Gasteiger partial charge in [0, 0.05) is 31.7 Å². The zero-order chi connectivity index (χ0) is 17.3. The van der Waals surface area contributed by atoms with Gasteiger partial charge in [0.1, 0.15) is 6.61 Å². The van der Waals surface area contributed by atoms with Crippen molar-refractivity contribution in [2.24, 2.45) is 0 Å². The lowest BCUT2D eigenvalue weighted by Crippen LogP contribution is -2.44. The Morgan fingerprint density at radius 3 is 2.32 bits per heavy atom. The number of hydrogen-bond donors (Lipinski definition) is 1. The van der Waals surface area contributed by atoms with E-state index in [0.29, 0.717) is 13.1 Å². The first kappa shape index (κ1) is 17.6. The topological polar surface area (TPSA) is 41.6 Å². The smallest absolute Gasteiger partial charge is 0.293 e. The highest BCUT2D eigenvalue weighted by atomic mass is 16.5. The molecule has 2 aliphatic rings. The van der Waals surface area contributed by atoms with Crippen molar-refractivity contribution in [1.29, 1.82) is 0 Å². The molecule has 2 atom stereocenters. The van der Waals surface area contributed by atoms with Gasteiger partial charge < -0.3 is 10.1 Å². The first-order valence-electron chi connectivity index (χ1n) is 8.96. The minimum Gasteiger partial charge on any atom is -0.463 e. The summed E-state index contributed by atoms with van der Waals surface area (Å²) in [6.07, 6.45) is 2.70. The maximum Gasteiger partial charge on any atom is 0.293 e. The van der Waals surface area contributed by atoms with E-state index in [0.717, 1.165) is 24.2 Å². The number of benzene rings is 2. The van der Waals surface area contributed by atoms with Gasteiger partial charge in [-0.05, 0) is 24.0 Å². The number of likely N-dealkylation sites (tertiary alicyclic amines) is 1. The van der Waals surface area contributed by atoms with Crippen LogP contribution in [0.1, 0.15) is 29.9 Å². The second-order valence-electron chi connectivity index (χ2n) is 6.59. The van der Waals surface area contributed by atoms with E-state index < -0.39 is 0 Å². The van der Waals surface area contributed by atoms with Gasteiger partial charge in [0.15, 0.2) is 0 Å². The third-order valence-corrected chi connectivity index (χ3v) is 4.70. The molecule has 0 bridgehead atoms. The summed E-state index contributed by atoms with van der Waals surface area (Å²) in [7, 11) is 0. The summed E-state index contributed by atoms with van der Waals surface area (Å²) in [5.74, 6) is 0.771. The largest absolute Gasteiger partial charge is 0.463 e. The maximum absolute atomic E-state index is 9.76. The summed E-state index contributed by atoms with van der Waals surface area (Å²) in [6, 6.07) is 21.1. The van der Waals surface area contributed by atoms with Crippen LogP contribution in [0.15, 0.2) is 60.7 Å². The van der Waals surface area contributed by atoms with Gasteiger partial charge in [0.05, 0.1) is 0 Å². The highest BCUT2D eigenvalue weighted by Crippen LogP contribution is 2.40. The molecule has 2 fully saturated rings. The molecule has 132 valence electrons. The molecule has 0 aromatic heterocycles. The van der Waals surface area contributed by atoms with Crippen LogP contribution in [0.25, 0.3) is 0 Å². The van der Waals surface area contributed by atoms with Crippen molar-refractivity contribution in [3.63, 3.8) is 0 Å². The summed E-state index contributed by atoms with van der Waals surface area (Å²) in [5, 5.41) is 3.63. The van der Waals surface area contributed by atoms with Gasteiger partial charge in [0.25, 0.3) is 6.47 Å². The Balaban J connectivity index is 0.000000160. The SMILES string of the molecule is O=COCc1ccccc1.c1ccc([C@@H]2C[C@H]2NCN2CCC2)cc1. The maximum atomic E-state index is 9.76. The van der Waals surface area contributed by atoms with Crippen LogP contribution in [-0.2, 0) is 16.1 Å². The lowest BCUT2D eigenvalue weighted by atomic mass is 10.1. The van der Waals surface area contributed by atoms with Gasteiger partial charge in [-0.3, -0.25) is 9.69 Å². The number of ether oxygens (including phenoxy) is 1. The summed E-state index contributed by atoms with van der Waals surface area (Å²) in [6.45, 7) is 4.48. The van der Waals surface area contributed by atoms with Crippen molar-refractivity contribution in [3.8, 4) is 0 Å². The molecule has 1 saturated heterocycles. The van der Waals surface area contributed by atoms with Gasteiger partial charge in [-0.25, -0.2) is 0 Å². The number of carbonyl (C=O) groups excluding carboxylic acids is 1. The van der Waals surface area contributed by atoms with Crippen LogP contribution in [0.2, 0.25) is 0 Å². The average Bonchev–Trinajstić information content (AvgIpc) is 3.41. The first-order chi connectivity index (χ1) is 12.4. The van der Waals surface area contributed by atoms with Crippen molar-refractivity contribution < 1.29 is 9.53 Å². The third-order valence-electron chi connectivity index (χ3n) is 4.70. The fraction of sp³-hybridized carbons (Fsp3) is 0.381. The fourth-order valence-electron chi connectivity index (χ4n) is 2.98. The molecule has 1 N–H and O–H groups in total. The molecule has 2 aromatic rings. The monoisotopic (exact) mass is 338 g/mol. The van der Waals surface area contributed by atoms with Gasteiger partial charge in [-0.1, -0.05) is 60.7 Å². The first-order valence-corrected chi connectivity index (χ1v) is 8.96. The molecule has 4 heteroatoms. The molecule has 2 aromatic carbocycles. The molecule has 0 spiro atoms. The lowest BCUT2D eigenvalue weighted by molar-refractivity contribution is -0.129. The van der Waals surface area contributed by atoms with Crippen molar-refractivity contribution in [3.05, 3.63) is 71.8 Å². The summed E-state index contributed by atoms with van der Waals surface area (Å²) < 4.78 is 4.54. The Bertz CT molecular complexity index is 629. The van der Waals surface area contributed by atoms with Crippen LogP contribution >= 0.6 is 0 Å². The number of nitrogens with zero attached hydrogens (tertiary/aromatic N) is 1. The molecule has 25 heavy (non-hydrogen) atoms. The van der Waals surface area contributed by atoms with Crippen LogP contribution < -0.4 is 5.32 Å². The molecule has 0 amide bonds. The Morgan fingerprint density at radius 2 is 1.72 bits per heavy atom. The zero-order valence-electron chi connectivity index (χ0n) is 14.5. The lowest BCUT2D eigenvalue weighted by Gasteiger charge is -2.30. The highest BCUT2D eigenvalue weighted by Gasteiger charge is 2.38. The van der Waals surface area contributed by atoms with E-state index in [1.54, 1.807) is 0 Å². The van der Waals surface area contributed by atoms with Crippen LogP contribution in [-0.4, -0.2) is 37.2 Å². The number of nitrogens with one attached hydrogen (secondary N) is 1. The molecule has 1 saturated carbocycles. The van der Waals surface area contributed by atoms with Crippen molar-refractivity contribution in [1.82, 2.24) is 10.2 Å². The van der Waals surface area contributed by atoms with Crippen LogP contribution in [0, 0.1) is 0 Å². The normalized spacial score (nSPS) is 21.4. The van der Waals surface area contributed by atoms with E-state index in [4.69, 9.17) is 0 Å². The summed E-state index contributed by atoms with van der Waals surface area (Å²) >= 11 is 0. The molecule has 0 unspecified atom stereocenters. The predicted octanol–water partition coefficient (Wildman–Crippen LogP) is 3.15. The van der Waals surface area contributed by atoms with E-state index in [9.17, 15) is 4.79 Å². The van der Waals surface area contributed by atoms with Crippen LogP contribution in [0.5, 0.6) is 0 Å². The van der Waals surface area contributed by atoms with Gasteiger partial charge in [0.2, 0.25) is 0 Å². The van der Waals surface area contributed by atoms with E-state index in [1.807, 2.05) is 30.3 Å². The number of carbonyl (C=O) groups is 1. The molecular weight excluding hydrogens is 312 g/mol. The third kappa shape index (κ3) is 5.69. The van der Waals surface area contributed by atoms with E-state index in [1.165, 1.54) is 31.5 Å². The van der Waals surface area contributed by atoms with Crippen LogP contribution in [0.3, 0.4) is 0 Å².